The standard InChI is InChI=1S/C19H12Cl4N2O3/c1-2-27-15-7-6-10(8-13(15)24-19(26)18(22)23)16-9-14(25-28-16)17-11(20)4-3-5-12(17)21/h2-9,18H,1H2,(H,24,26). The maximum absolute atomic E-state index is 11.9. The van der Waals surface area contributed by atoms with Crippen molar-refractivity contribution in [2.24, 2.45) is 0 Å². The van der Waals surface area contributed by atoms with Crippen LogP contribution in [-0.4, -0.2) is 15.9 Å². The highest BCUT2D eigenvalue weighted by Gasteiger charge is 2.18. The van der Waals surface area contributed by atoms with Crippen LogP contribution < -0.4 is 10.1 Å². The maximum atomic E-state index is 11.9. The molecule has 0 aliphatic carbocycles. The average Bonchev–Trinajstić information content (AvgIpc) is 3.12. The van der Waals surface area contributed by atoms with E-state index in [-0.39, 0.29) is 0 Å². The van der Waals surface area contributed by atoms with E-state index in [1.807, 2.05) is 0 Å². The number of aromatic nitrogens is 1. The first kappa shape index (κ1) is 20.6. The zero-order valence-electron chi connectivity index (χ0n) is 14.1. The quantitative estimate of drug-likeness (QED) is 0.335. The van der Waals surface area contributed by atoms with Crippen LogP contribution in [0.2, 0.25) is 10.0 Å². The summed E-state index contributed by atoms with van der Waals surface area (Å²) >= 11 is 23.7. The number of nitrogens with zero attached hydrogens (tertiary/aromatic N) is 1. The largest absolute Gasteiger partial charge is 0.463 e. The van der Waals surface area contributed by atoms with Gasteiger partial charge in [-0.05, 0) is 30.3 Å². The summed E-state index contributed by atoms with van der Waals surface area (Å²) in [4.78, 5) is 10.6. The number of benzene rings is 2. The molecule has 144 valence electrons. The molecule has 1 N–H and O–H groups in total. The summed E-state index contributed by atoms with van der Waals surface area (Å²) in [5.41, 5.74) is 1.99. The van der Waals surface area contributed by atoms with Crippen molar-refractivity contribution >= 4 is 58.0 Å². The fourth-order valence-corrected chi connectivity index (χ4v) is 3.13. The number of carbonyl (C=O) groups excluding carboxylic acids is 1. The lowest BCUT2D eigenvalue weighted by atomic mass is 10.1. The fraction of sp³-hybridized carbons (Fsp3) is 0.0526. The molecule has 0 saturated heterocycles. The Morgan fingerprint density at radius 2 is 1.89 bits per heavy atom. The monoisotopic (exact) mass is 456 g/mol. The van der Waals surface area contributed by atoms with Gasteiger partial charge in [-0.1, -0.05) is 64.2 Å². The Bertz CT molecular complexity index is 1010. The normalized spacial score (nSPS) is 10.8. The SMILES string of the molecule is C=COc1ccc(-c2cc(-c3c(Cl)cccc3Cl)no2)cc1NC(=O)C(Cl)Cl. The van der Waals surface area contributed by atoms with Gasteiger partial charge in [0, 0.05) is 17.2 Å². The van der Waals surface area contributed by atoms with Crippen LogP contribution >= 0.6 is 46.4 Å². The van der Waals surface area contributed by atoms with Crippen molar-refractivity contribution in [3.8, 4) is 28.3 Å². The summed E-state index contributed by atoms with van der Waals surface area (Å²) in [6.07, 6.45) is 1.23. The van der Waals surface area contributed by atoms with E-state index in [4.69, 9.17) is 55.7 Å². The Morgan fingerprint density at radius 3 is 2.54 bits per heavy atom. The zero-order chi connectivity index (χ0) is 20.3. The Labute approximate surface area is 180 Å². The van der Waals surface area contributed by atoms with Gasteiger partial charge in [0.15, 0.2) is 10.6 Å². The van der Waals surface area contributed by atoms with Gasteiger partial charge in [-0.3, -0.25) is 4.79 Å². The van der Waals surface area contributed by atoms with Gasteiger partial charge in [-0.15, -0.1) is 0 Å². The van der Waals surface area contributed by atoms with Crippen LogP contribution in [0.15, 0.2) is 59.8 Å². The van der Waals surface area contributed by atoms with Crippen molar-refractivity contribution in [3.63, 3.8) is 0 Å². The third-order valence-electron chi connectivity index (χ3n) is 3.66. The van der Waals surface area contributed by atoms with Crippen LogP contribution in [0.3, 0.4) is 0 Å². The van der Waals surface area contributed by atoms with Gasteiger partial charge in [0.2, 0.25) is 0 Å². The highest BCUT2D eigenvalue weighted by Crippen LogP contribution is 2.37. The van der Waals surface area contributed by atoms with Gasteiger partial charge in [0.25, 0.3) is 5.91 Å². The molecule has 0 aliphatic rings. The van der Waals surface area contributed by atoms with E-state index in [0.717, 1.165) is 0 Å². The number of carbonyl (C=O) groups is 1. The van der Waals surface area contributed by atoms with E-state index in [1.54, 1.807) is 42.5 Å². The molecule has 0 spiro atoms. The molecular formula is C19H12Cl4N2O3. The smallest absolute Gasteiger partial charge is 0.257 e. The number of halogens is 4. The molecule has 0 saturated carbocycles. The number of nitrogens with one attached hydrogen (secondary N) is 1. The van der Waals surface area contributed by atoms with Gasteiger partial charge in [-0.2, -0.15) is 0 Å². The minimum absolute atomic E-state index is 0.336. The molecule has 2 aromatic carbocycles. The van der Waals surface area contributed by atoms with E-state index in [9.17, 15) is 4.79 Å². The van der Waals surface area contributed by atoms with E-state index < -0.39 is 10.7 Å². The number of anilines is 1. The Kier molecular flexibility index (Phi) is 6.52. The van der Waals surface area contributed by atoms with Gasteiger partial charge >= 0.3 is 0 Å². The van der Waals surface area contributed by atoms with Crippen molar-refractivity contribution < 1.29 is 14.1 Å². The second-order valence-electron chi connectivity index (χ2n) is 5.46. The molecule has 5 nitrogen and oxygen atoms in total. The van der Waals surface area contributed by atoms with E-state index in [1.165, 1.54) is 6.26 Å². The summed E-state index contributed by atoms with van der Waals surface area (Å²) in [5, 5.41) is 7.52. The van der Waals surface area contributed by atoms with Crippen LogP contribution in [0.4, 0.5) is 5.69 Å². The summed E-state index contributed by atoms with van der Waals surface area (Å²) < 4.78 is 10.7. The minimum atomic E-state index is -1.24. The van der Waals surface area contributed by atoms with Gasteiger partial charge < -0.3 is 14.6 Å². The van der Waals surface area contributed by atoms with Crippen LogP contribution in [0, 0.1) is 0 Å². The van der Waals surface area contributed by atoms with E-state index in [0.29, 0.717) is 44.1 Å². The van der Waals surface area contributed by atoms with E-state index in [2.05, 4.69) is 17.1 Å². The molecule has 3 rings (SSSR count). The van der Waals surface area contributed by atoms with Crippen molar-refractivity contribution in [2.75, 3.05) is 5.32 Å². The van der Waals surface area contributed by atoms with Crippen molar-refractivity contribution in [2.45, 2.75) is 4.84 Å². The van der Waals surface area contributed by atoms with Gasteiger partial charge in [0.1, 0.15) is 11.4 Å². The molecule has 1 heterocycles. The lowest BCUT2D eigenvalue weighted by molar-refractivity contribution is -0.114. The molecule has 0 atom stereocenters. The average molecular weight is 458 g/mol. The van der Waals surface area contributed by atoms with Crippen LogP contribution in [0.1, 0.15) is 0 Å². The van der Waals surface area contributed by atoms with Crippen LogP contribution in [-0.2, 0) is 4.79 Å². The second-order valence-corrected chi connectivity index (χ2v) is 7.37. The van der Waals surface area contributed by atoms with Crippen molar-refractivity contribution in [1.29, 1.82) is 0 Å². The first-order valence-corrected chi connectivity index (χ1v) is 9.45. The summed E-state index contributed by atoms with van der Waals surface area (Å²) in [6.45, 7) is 3.50. The van der Waals surface area contributed by atoms with Crippen molar-refractivity contribution in [3.05, 3.63) is 65.4 Å². The summed E-state index contributed by atoms with van der Waals surface area (Å²) in [7, 11) is 0. The number of alkyl halides is 2. The Balaban J connectivity index is 1.99. The lowest BCUT2D eigenvalue weighted by Gasteiger charge is -2.11. The maximum Gasteiger partial charge on any atom is 0.257 e. The topological polar surface area (TPSA) is 64.4 Å². The zero-order valence-corrected chi connectivity index (χ0v) is 17.1. The van der Waals surface area contributed by atoms with Gasteiger partial charge in [0.05, 0.1) is 22.0 Å². The Morgan fingerprint density at radius 1 is 1.18 bits per heavy atom. The lowest BCUT2D eigenvalue weighted by Crippen LogP contribution is -2.18. The molecule has 1 aromatic heterocycles. The second kappa shape index (κ2) is 8.88. The summed E-state index contributed by atoms with van der Waals surface area (Å²) in [5.74, 6) is 0.186. The van der Waals surface area contributed by atoms with Crippen molar-refractivity contribution in [1.82, 2.24) is 5.16 Å². The predicted octanol–water partition coefficient (Wildman–Crippen LogP) is 6.58. The molecule has 0 unspecified atom stereocenters. The highest BCUT2D eigenvalue weighted by atomic mass is 35.5. The first-order valence-electron chi connectivity index (χ1n) is 7.82. The number of rotatable bonds is 6. The molecule has 0 aliphatic heterocycles. The summed E-state index contributed by atoms with van der Waals surface area (Å²) in [6, 6.07) is 11.8. The van der Waals surface area contributed by atoms with Crippen LogP contribution in [0.25, 0.3) is 22.6 Å². The van der Waals surface area contributed by atoms with Crippen LogP contribution in [0.5, 0.6) is 5.75 Å². The fourth-order valence-electron chi connectivity index (χ4n) is 2.43. The predicted molar refractivity (Wildman–Crippen MR) is 112 cm³/mol. The molecule has 0 fully saturated rings. The third-order valence-corrected chi connectivity index (χ3v) is 4.69. The van der Waals surface area contributed by atoms with Gasteiger partial charge in [-0.25, -0.2) is 0 Å². The Hall–Kier alpha value is -2.18. The number of hydrogen-bond donors (Lipinski definition) is 1. The third kappa shape index (κ3) is 4.45. The molecule has 3 aromatic rings. The molecule has 0 radical (unpaired) electrons. The first-order chi connectivity index (χ1) is 13.4. The molecule has 9 heteroatoms. The van der Waals surface area contributed by atoms with E-state index >= 15 is 0 Å². The molecule has 1 amide bonds. The number of hydrogen-bond acceptors (Lipinski definition) is 4. The molecular weight excluding hydrogens is 446 g/mol. The minimum Gasteiger partial charge on any atom is -0.463 e. The number of amides is 1. The molecule has 0 bridgehead atoms. The highest BCUT2D eigenvalue weighted by molar-refractivity contribution is 6.54. The number of ether oxygens (including phenoxy) is 1. The molecule has 28 heavy (non-hydrogen) atoms.